The number of hydroxylamine groups is 2. The van der Waals surface area contributed by atoms with Gasteiger partial charge in [0.15, 0.2) is 6.61 Å². The number of piperidine rings is 1. The Morgan fingerprint density at radius 2 is 2.23 bits per heavy atom. The van der Waals surface area contributed by atoms with E-state index in [1.807, 2.05) is 6.92 Å². The first-order valence-corrected chi connectivity index (χ1v) is 7.83. The van der Waals surface area contributed by atoms with Crippen LogP contribution >= 0.6 is 0 Å². The maximum absolute atomic E-state index is 12.1. The summed E-state index contributed by atoms with van der Waals surface area (Å²) in [4.78, 5) is 29.0. The molecule has 22 heavy (non-hydrogen) atoms. The van der Waals surface area contributed by atoms with Crippen molar-refractivity contribution in [1.29, 1.82) is 0 Å². The lowest BCUT2D eigenvalue weighted by molar-refractivity contribution is -0.122. The molecule has 0 saturated carbocycles. The second-order valence-electron chi connectivity index (χ2n) is 4.87. The summed E-state index contributed by atoms with van der Waals surface area (Å²) in [6, 6.07) is -1.73. The van der Waals surface area contributed by atoms with E-state index >= 15 is 0 Å². The van der Waals surface area contributed by atoms with Crippen molar-refractivity contribution in [1.82, 2.24) is 9.96 Å². The maximum atomic E-state index is 12.1. The van der Waals surface area contributed by atoms with Gasteiger partial charge in [-0.1, -0.05) is 12.1 Å². The van der Waals surface area contributed by atoms with Gasteiger partial charge in [-0.05, 0) is 6.42 Å². The fourth-order valence-corrected chi connectivity index (χ4v) is 2.83. The Hall–Kier alpha value is -1.92. The number of carbonyl (C=O) groups is 2. The molecule has 0 unspecified atom stereocenters. The molecule has 124 valence electrons. The zero-order valence-electron chi connectivity index (χ0n) is 11.7. The van der Waals surface area contributed by atoms with Crippen LogP contribution in [0.15, 0.2) is 5.16 Å². The molecule has 2 saturated heterocycles. The van der Waals surface area contributed by atoms with Crippen LogP contribution in [0.4, 0.5) is 4.79 Å². The molecule has 3 amide bonds. The highest BCUT2D eigenvalue weighted by molar-refractivity contribution is 7.80. The standard InChI is InChI=1S/C10H16N4O7S/c1-2-6-3-7(12-20-5-9(11)15)8-4-13(6)10(16)14(8)21-22(17,18)19/h6,8H,2-5H2,1H3,(H2,11,15)(H,17,18,19)/t6-,8+/m1/s1. The minimum atomic E-state index is -4.85. The van der Waals surface area contributed by atoms with Crippen molar-refractivity contribution in [3.05, 3.63) is 0 Å². The van der Waals surface area contributed by atoms with E-state index in [9.17, 15) is 18.0 Å². The molecular weight excluding hydrogens is 320 g/mol. The molecule has 2 heterocycles. The van der Waals surface area contributed by atoms with Gasteiger partial charge in [0, 0.05) is 12.5 Å². The van der Waals surface area contributed by atoms with Crippen molar-refractivity contribution >= 4 is 28.0 Å². The predicted octanol–water partition coefficient (Wildman–Crippen LogP) is -1.13. The Bertz CT molecular complexity index is 604. The lowest BCUT2D eigenvalue weighted by atomic mass is 9.97. The summed E-state index contributed by atoms with van der Waals surface area (Å²) in [5, 5.41) is 4.29. The molecule has 2 aliphatic rings. The number of carbonyl (C=O) groups excluding carboxylic acids is 2. The van der Waals surface area contributed by atoms with Crippen molar-refractivity contribution in [2.45, 2.75) is 31.8 Å². The topological polar surface area (TPSA) is 152 Å². The van der Waals surface area contributed by atoms with Gasteiger partial charge in [0.05, 0.1) is 12.3 Å². The molecular formula is C10H16N4O7S. The molecule has 2 rings (SSSR count). The average Bonchev–Trinajstić information content (AvgIpc) is 2.66. The van der Waals surface area contributed by atoms with Gasteiger partial charge in [0.25, 0.3) is 5.91 Å². The molecule has 0 aromatic rings. The van der Waals surface area contributed by atoms with Crippen LogP contribution in [0.25, 0.3) is 0 Å². The number of fused-ring (bicyclic) bond motifs is 2. The van der Waals surface area contributed by atoms with Gasteiger partial charge in [-0.3, -0.25) is 9.35 Å². The second kappa shape index (κ2) is 6.06. The number of primary amides is 1. The molecule has 12 heteroatoms. The SMILES string of the molecule is CC[C@@H]1CC(=NOCC(N)=O)[C@@H]2CN1C(=O)N2OS(=O)(=O)O. The van der Waals surface area contributed by atoms with Crippen molar-refractivity contribution in [3.63, 3.8) is 0 Å². The number of rotatable bonds is 6. The highest BCUT2D eigenvalue weighted by atomic mass is 32.3. The van der Waals surface area contributed by atoms with Gasteiger partial charge in [-0.15, -0.1) is 4.28 Å². The van der Waals surface area contributed by atoms with E-state index in [1.54, 1.807) is 0 Å². The summed E-state index contributed by atoms with van der Waals surface area (Å²) < 4.78 is 34.8. The number of oxime groups is 1. The van der Waals surface area contributed by atoms with E-state index in [2.05, 4.69) is 9.44 Å². The number of nitrogens with two attached hydrogens (primary N) is 1. The molecule has 11 nitrogen and oxygen atoms in total. The second-order valence-corrected chi connectivity index (χ2v) is 5.87. The van der Waals surface area contributed by atoms with E-state index in [0.717, 1.165) is 0 Å². The lowest BCUT2D eigenvalue weighted by Crippen LogP contribution is -2.45. The maximum Gasteiger partial charge on any atom is 0.418 e. The van der Waals surface area contributed by atoms with Gasteiger partial charge in [-0.2, -0.15) is 13.5 Å². The van der Waals surface area contributed by atoms with Crippen LogP contribution in [-0.2, 0) is 24.3 Å². The van der Waals surface area contributed by atoms with E-state index in [0.29, 0.717) is 23.6 Å². The summed E-state index contributed by atoms with van der Waals surface area (Å²) in [5.41, 5.74) is 5.26. The van der Waals surface area contributed by atoms with E-state index in [-0.39, 0.29) is 12.6 Å². The Morgan fingerprint density at radius 1 is 1.55 bits per heavy atom. The van der Waals surface area contributed by atoms with Crippen LogP contribution in [0.5, 0.6) is 0 Å². The van der Waals surface area contributed by atoms with Gasteiger partial charge < -0.3 is 15.5 Å². The summed E-state index contributed by atoms with van der Waals surface area (Å²) in [7, 11) is -4.85. The Balaban J connectivity index is 2.24. The largest absolute Gasteiger partial charge is 0.418 e. The highest BCUT2D eigenvalue weighted by Gasteiger charge is 2.50. The smallest absolute Gasteiger partial charge is 0.386 e. The van der Waals surface area contributed by atoms with Crippen LogP contribution in [0.1, 0.15) is 19.8 Å². The van der Waals surface area contributed by atoms with Gasteiger partial charge in [-0.25, -0.2) is 4.79 Å². The van der Waals surface area contributed by atoms with Crippen molar-refractivity contribution in [2.24, 2.45) is 10.9 Å². The van der Waals surface area contributed by atoms with Crippen LogP contribution in [0, 0.1) is 0 Å². The molecule has 0 aliphatic carbocycles. The number of hydrogen-bond acceptors (Lipinski definition) is 7. The minimum Gasteiger partial charge on any atom is -0.386 e. The first-order chi connectivity index (χ1) is 10.2. The summed E-state index contributed by atoms with van der Waals surface area (Å²) >= 11 is 0. The molecule has 2 bridgehead atoms. The fraction of sp³-hybridized carbons (Fsp3) is 0.700. The molecule has 3 N–H and O–H groups in total. The molecule has 2 fully saturated rings. The summed E-state index contributed by atoms with van der Waals surface area (Å²) in [6.07, 6.45) is 0.935. The lowest BCUT2D eigenvalue weighted by Gasteiger charge is -2.30. The average molecular weight is 336 g/mol. The Morgan fingerprint density at radius 3 is 2.77 bits per heavy atom. The third-order valence-electron chi connectivity index (χ3n) is 3.39. The quantitative estimate of drug-likeness (QED) is 0.459. The zero-order chi connectivity index (χ0) is 16.5. The van der Waals surface area contributed by atoms with Gasteiger partial charge >= 0.3 is 16.4 Å². The summed E-state index contributed by atoms with van der Waals surface area (Å²) in [5.74, 6) is -0.720. The van der Waals surface area contributed by atoms with E-state index in [1.165, 1.54) is 4.90 Å². The molecule has 0 spiro atoms. The van der Waals surface area contributed by atoms with Crippen molar-refractivity contribution < 1.29 is 31.7 Å². The van der Waals surface area contributed by atoms with Crippen LogP contribution in [-0.4, -0.2) is 65.8 Å². The fourth-order valence-electron chi connectivity index (χ4n) is 2.46. The molecule has 0 aromatic heterocycles. The Labute approximate surface area is 126 Å². The van der Waals surface area contributed by atoms with Crippen molar-refractivity contribution in [2.75, 3.05) is 13.2 Å². The van der Waals surface area contributed by atoms with Crippen molar-refractivity contribution in [3.8, 4) is 0 Å². The minimum absolute atomic E-state index is 0.144. The van der Waals surface area contributed by atoms with Gasteiger partial charge in [0.2, 0.25) is 0 Å². The van der Waals surface area contributed by atoms with Gasteiger partial charge in [0.1, 0.15) is 6.04 Å². The third kappa shape index (κ3) is 3.45. The third-order valence-corrected chi connectivity index (χ3v) is 3.74. The first-order valence-electron chi connectivity index (χ1n) is 6.46. The van der Waals surface area contributed by atoms with Crippen LogP contribution < -0.4 is 5.73 Å². The number of amides is 3. The number of nitrogens with zero attached hydrogens (tertiary/aromatic N) is 3. The first kappa shape index (κ1) is 16.5. The summed E-state index contributed by atoms with van der Waals surface area (Å²) in [6.45, 7) is 1.56. The molecule has 2 atom stereocenters. The number of urea groups is 1. The van der Waals surface area contributed by atoms with E-state index < -0.39 is 35.0 Å². The van der Waals surface area contributed by atoms with Crippen LogP contribution in [0.2, 0.25) is 0 Å². The Kier molecular flexibility index (Phi) is 4.53. The molecule has 2 aliphatic heterocycles. The number of hydrogen-bond donors (Lipinski definition) is 2. The normalized spacial score (nSPS) is 26.6. The van der Waals surface area contributed by atoms with E-state index in [4.69, 9.17) is 15.1 Å². The highest BCUT2D eigenvalue weighted by Crippen LogP contribution is 2.30. The predicted molar refractivity (Wildman–Crippen MR) is 71.6 cm³/mol. The monoisotopic (exact) mass is 336 g/mol. The molecule has 0 radical (unpaired) electrons. The van der Waals surface area contributed by atoms with Crippen LogP contribution in [0.3, 0.4) is 0 Å². The molecule has 0 aromatic carbocycles. The zero-order valence-corrected chi connectivity index (χ0v) is 12.5.